The van der Waals surface area contributed by atoms with Gasteiger partial charge in [0.05, 0.1) is 9.85 Å². The van der Waals surface area contributed by atoms with Crippen LogP contribution >= 0.6 is 0 Å². The minimum absolute atomic E-state index is 0.0690. The predicted octanol–water partition coefficient (Wildman–Crippen LogP) is 11.0. The van der Waals surface area contributed by atoms with Crippen molar-refractivity contribution >= 4 is 34.1 Å². The molecular formula is C38H36N6O6. The molecule has 0 amide bonds. The van der Waals surface area contributed by atoms with Crippen LogP contribution in [0, 0.1) is 34.1 Å². The third-order valence-corrected chi connectivity index (χ3v) is 8.81. The average Bonchev–Trinajstić information content (AvgIpc) is 3.08. The van der Waals surface area contributed by atoms with Gasteiger partial charge in [-0.2, -0.15) is 0 Å². The number of rotatable bonds is 10. The normalized spacial score (nSPS) is 12.1. The largest absolute Gasteiger partial charge is 0.505 e. The van der Waals surface area contributed by atoms with Gasteiger partial charge in [0.1, 0.15) is 22.9 Å². The molecular weight excluding hydrogens is 636 g/mol. The molecule has 0 spiro atoms. The second-order valence-electron chi connectivity index (χ2n) is 13.1. The maximum atomic E-state index is 11.5. The Morgan fingerprint density at radius 3 is 1.26 bits per heavy atom. The number of phenolic OH excluding ortho intramolecular Hbond substituents is 2. The minimum atomic E-state index is -0.746. The lowest BCUT2D eigenvalue weighted by Crippen LogP contribution is -2.23. The number of hydrogen-bond acceptors (Lipinski definition) is 10. The molecule has 0 saturated heterocycles. The fourth-order valence-corrected chi connectivity index (χ4v) is 5.85. The van der Waals surface area contributed by atoms with Crippen LogP contribution in [-0.2, 0) is 10.8 Å². The lowest BCUT2D eigenvalue weighted by atomic mass is 9.72. The second-order valence-corrected chi connectivity index (χ2v) is 13.1. The van der Waals surface area contributed by atoms with Crippen LogP contribution < -0.4 is 0 Å². The maximum Gasteiger partial charge on any atom is 0.296 e. The number of azo groups is 2. The van der Waals surface area contributed by atoms with Gasteiger partial charge >= 0.3 is 0 Å². The number of hydrogen-bond donors (Lipinski definition) is 2. The van der Waals surface area contributed by atoms with Gasteiger partial charge in [0.15, 0.2) is 11.4 Å². The molecule has 0 unspecified atom stereocenters. The summed E-state index contributed by atoms with van der Waals surface area (Å²) in [6.45, 7) is 11.6. The van der Waals surface area contributed by atoms with Crippen molar-refractivity contribution in [3.63, 3.8) is 0 Å². The topological polar surface area (TPSA) is 176 Å². The van der Waals surface area contributed by atoms with E-state index in [1.54, 1.807) is 36.4 Å². The van der Waals surface area contributed by atoms with Crippen molar-refractivity contribution in [1.29, 1.82) is 0 Å². The number of nitro benzene ring substituents is 2. The van der Waals surface area contributed by atoms with E-state index in [2.05, 4.69) is 20.5 Å². The van der Waals surface area contributed by atoms with Gasteiger partial charge in [-0.05, 0) is 60.4 Å². The summed E-state index contributed by atoms with van der Waals surface area (Å²) in [7, 11) is 0. The lowest BCUT2D eigenvalue weighted by molar-refractivity contribution is -0.384. The summed E-state index contributed by atoms with van der Waals surface area (Å²) in [6, 6.07) is 26.9. The van der Waals surface area contributed by atoms with Crippen LogP contribution in [0.5, 0.6) is 11.5 Å². The minimum Gasteiger partial charge on any atom is -0.505 e. The van der Waals surface area contributed by atoms with E-state index in [1.165, 1.54) is 24.3 Å². The molecule has 5 aromatic carbocycles. The van der Waals surface area contributed by atoms with Crippen molar-refractivity contribution in [2.24, 2.45) is 20.5 Å². The smallest absolute Gasteiger partial charge is 0.296 e. The summed E-state index contributed by atoms with van der Waals surface area (Å²) in [6.07, 6.45) is 0. The third-order valence-electron chi connectivity index (χ3n) is 8.81. The summed E-state index contributed by atoms with van der Waals surface area (Å²) < 4.78 is 0. The zero-order chi connectivity index (χ0) is 36.4. The van der Waals surface area contributed by atoms with Crippen LogP contribution in [0.1, 0.15) is 61.1 Å². The van der Waals surface area contributed by atoms with Gasteiger partial charge in [-0.3, -0.25) is 20.2 Å². The van der Waals surface area contributed by atoms with Crippen LogP contribution in [0.15, 0.2) is 118 Å². The zero-order valence-electron chi connectivity index (χ0n) is 28.4. The molecule has 0 aromatic heterocycles. The van der Waals surface area contributed by atoms with Gasteiger partial charge in [0.25, 0.3) is 11.4 Å². The Morgan fingerprint density at radius 1 is 0.520 bits per heavy atom. The van der Waals surface area contributed by atoms with Crippen molar-refractivity contribution < 1.29 is 20.1 Å². The van der Waals surface area contributed by atoms with Crippen molar-refractivity contribution in [3.05, 3.63) is 151 Å². The molecule has 254 valence electrons. The number of para-hydroxylation sites is 2. The number of nitrogens with zero attached hydrogens (tertiary/aromatic N) is 6. The summed E-state index contributed by atoms with van der Waals surface area (Å²) in [5, 5.41) is 62.5. The first-order valence-corrected chi connectivity index (χ1v) is 15.7. The molecule has 0 radical (unpaired) electrons. The van der Waals surface area contributed by atoms with Crippen molar-refractivity contribution in [2.45, 2.75) is 52.4 Å². The zero-order valence-corrected chi connectivity index (χ0v) is 28.4. The molecule has 12 heteroatoms. The van der Waals surface area contributed by atoms with E-state index in [-0.39, 0.29) is 45.6 Å². The van der Waals surface area contributed by atoms with Crippen LogP contribution in [0.2, 0.25) is 0 Å². The van der Waals surface area contributed by atoms with E-state index in [1.807, 2.05) is 77.9 Å². The molecule has 0 aliphatic carbocycles. The average molecular weight is 673 g/mol. The van der Waals surface area contributed by atoms with Gasteiger partial charge in [0.2, 0.25) is 0 Å². The molecule has 50 heavy (non-hydrogen) atoms. The highest BCUT2D eigenvalue weighted by Gasteiger charge is 2.32. The van der Waals surface area contributed by atoms with Gasteiger partial charge in [-0.25, -0.2) is 0 Å². The summed E-state index contributed by atoms with van der Waals surface area (Å²) >= 11 is 0. The molecule has 0 fully saturated rings. The summed E-state index contributed by atoms with van der Waals surface area (Å²) in [5.41, 5.74) is 3.13. The number of phenols is 2. The first-order valence-electron chi connectivity index (χ1n) is 15.7. The Bertz CT molecular complexity index is 2040. The number of aromatic hydroxyl groups is 2. The van der Waals surface area contributed by atoms with E-state index in [0.717, 1.165) is 22.3 Å². The third kappa shape index (κ3) is 6.95. The van der Waals surface area contributed by atoms with E-state index in [4.69, 9.17) is 0 Å². The first kappa shape index (κ1) is 35.0. The molecule has 0 saturated carbocycles. The van der Waals surface area contributed by atoms with Crippen molar-refractivity contribution in [1.82, 2.24) is 0 Å². The number of nitro groups is 2. The standard InChI is InChI=1S/C38H36N6O6/c1-23-18-27(35(45)31(20-23)41-39-29-14-7-9-16-33(29)43(47)48)37(3,4)25-12-11-13-26(22-25)38(5,6)28-19-24(2)21-32(36(28)46)42-40-30-15-8-10-17-34(30)44(49)50/h7-22,45-46H,1-6H3. The Kier molecular flexibility index (Phi) is 9.57. The lowest BCUT2D eigenvalue weighted by Gasteiger charge is -2.32. The first-order chi connectivity index (χ1) is 23.6. The van der Waals surface area contributed by atoms with Crippen molar-refractivity contribution in [3.8, 4) is 11.5 Å². The molecule has 0 atom stereocenters. The molecule has 0 heterocycles. The maximum absolute atomic E-state index is 11.5. The van der Waals surface area contributed by atoms with Gasteiger partial charge < -0.3 is 10.2 Å². The Balaban J connectivity index is 1.52. The van der Waals surface area contributed by atoms with Crippen LogP contribution in [0.4, 0.5) is 34.1 Å². The molecule has 0 aliphatic rings. The van der Waals surface area contributed by atoms with Crippen LogP contribution in [-0.4, -0.2) is 20.1 Å². The molecule has 5 rings (SSSR count). The molecule has 0 bridgehead atoms. The second kappa shape index (κ2) is 13.7. The van der Waals surface area contributed by atoms with Crippen molar-refractivity contribution in [2.75, 3.05) is 0 Å². The monoisotopic (exact) mass is 672 g/mol. The molecule has 12 nitrogen and oxygen atoms in total. The summed E-state index contributed by atoms with van der Waals surface area (Å²) in [4.78, 5) is 21.9. The Morgan fingerprint density at radius 2 is 0.880 bits per heavy atom. The Labute approximate surface area is 288 Å². The highest BCUT2D eigenvalue weighted by Crippen LogP contribution is 2.46. The van der Waals surface area contributed by atoms with E-state index >= 15 is 0 Å². The molecule has 5 aromatic rings. The summed E-state index contributed by atoms with van der Waals surface area (Å²) in [5.74, 6) is -0.199. The number of benzene rings is 5. The van der Waals surface area contributed by atoms with E-state index in [0.29, 0.717) is 11.1 Å². The quantitative estimate of drug-likeness (QED) is 0.0846. The number of aryl methyl sites for hydroxylation is 2. The molecule has 0 aliphatic heterocycles. The Hall–Kier alpha value is -6.30. The van der Waals surface area contributed by atoms with Crippen LogP contribution in [0.3, 0.4) is 0 Å². The van der Waals surface area contributed by atoms with Crippen LogP contribution in [0.25, 0.3) is 0 Å². The fraction of sp³-hybridized carbons (Fsp3) is 0.211. The van der Waals surface area contributed by atoms with Gasteiger partial charge in [-0.1, -0.05) is 88.4 Å². The van der Waals surface area contributed by atoms with Gasteiger partial charge in [0, 0.05) is 34.1 Å². The SMILES string of the molecule is Cc1cc(N=Nc2ccccc2[N+](=O)[O-])c(O)c(C(C)(C)c2cccc(C(C)(C)c3cc(C)cc(N=Nc4ccccc4[N+](=O)[O-])c3O)c2)c1. The highest BCUT2D eigenvalue weighted by molar-refractivity contribution is 5.64. The predicted molar refractivity (Wildman–Crippen MR) is 191 cm³/mol. The van der Waals surface area contributed by atoms with E-state index < -0.39 is 20.7 Å². The molecule has 2 N–H and O–H groups in total. The van der Waals surface area contributed by atoms with E-state index in [9.17, 15) is 30.4 Å². The highest BCUT2D eigenvalue weighted by atomic mass is 16.6. The van der Waals surface area contributed by atoms with Gasteiger partial charge in [-0.15, -0.1) is 20.5 Å². The fourth-order valence-electron chi connectivity index (χ4n) is 5.85.